The average molecular weight is 716 g/mol. The largest absolute Gasteiger partial charge is 0.309 e. The molecule has 2 aromatic heterocycles. The molecule has 0 spiro atoms. The van der Waals surface area contributed by atoms with Gasteiger partial charge in [0.05, 0.1) is 11.0 Å². The fourth-order valence-electron chi connectivity index (χ4n) is 8.66. The van der Waals surface area contributed by atoms with Crippen LogP contribution in [-0.2, 0) is 5.41 Å². The second-order valence-electron chi connectivity index (χ2n) is 15.6. The van der Waals surface area contributed by atoms with Crippen LogP contribution in [0.1, 0.15) is 49.4 Å². The Labute approximate surface area is 322 Å². The second kappa shape index (κ2) is 13.6. The molecule has 0 radical (unpaired) electrons. The number of thiophene rings is 1. The molecule has 11 rings (SSSR count). The summed E-state index contributed by atoms with van der Waals surface area (Å²) in [7, 11) is 0. The van der Waals surface area contributed by atoms with Gasteiger partial charge < -0.3 is 4.57 Å². The molecule has 0 fully saturated rings. The van der Waals surface area contributed by atoms with Crippen molar-refractivity contribution >= 4 is 53.3 Å². The molecule has 0 saturated heterocycles. The van der Waals surface area contributed by atoms with Gasteiger partial charge in [-0.25, -0.2) is 0 Å². The number of hydrogen-bond donors (Lipinski definition) is 0. The van der Waals surface area contributed by atoms with Crippen LogP contribution >= 0.6 is 11.3 Å². The van der Waals surface area contributed by atoms with Crippen LogP contribution in [0.3, 0.4) is 0 Å². The molecule has 2 heterocycles. The summed E-state index contributed by atoms with van der Waals surface area (Å²) in [4.78, 5) is 0. The van der Waals surface area contributed by atoms with Crippen LogP contribution in [0.4, 0.5) is 0 Å². The maximum absolute atomic E-state index is 2.41. The Morgan fingerprint density at radius 1 is 0.574 bits per heavy atom. The van der Waals surface area contributed by atoms with Crippen LogP contribution in [0.5, 0.6) is 0 Å². The maximum Gasteiger partial charge on any atom is 0.0543 e. The molecule has 0 aliphatic heterocycles. The van der Waals surface area contributed by atoms with E-state index in [1.165, 1.54) is 98.6 Å². The number of aryl methyl sites for hydroxylation is 2. The standard InChI is InChI=1S/C25H17NS.C16H16.C11H12/c1-16-10-12-19-18-6-2-4-8-22(18)26(23(19)14-16)17-11-13-25-21(15-17)20-7-3-5-9-24(20)27-25;1-11-8-9-15-13(10-11)12-6-4-5-7-14(12)16(15,2)3;1-9-6-7-10-4-2-3-5-11(10)8-9/h2-15H,1H3;4-10H,1-3H3;2-7,11H,8H2,1H3. The smallest absolute Gasteiger partial charge is 0.0543 e. The lowest BCUT2D eigenvalue weighted by Gasteiger charge is -2.21. The molecule has 3 aliphatic carbocycles. The lowest BCUT2D eigenvalue weighted by molar-refractivity contribution is 0.660. The van der Waals surface area contributed by atoms with Gasteiger partial charge in [-0.2, -0.15) is 0 Å². The maximum atomic E-state index is 2.41. The lowest BCUT2D eigenvalue weighted by Crippen LogP contribution is -2.14. The fourth-order valence-corrected chi connectivity index (χ4v) is 9.75. The molecule has 0 amide bonds. The van der Waals surface area contributed by atoms with Gasteiger partial charge in [-0.15, -0.1) is 11.3 Å². The molecule has 0 N–H and O–H groups in total. The van der Waals surface area contributed by atoms with Gasteiger partial charge >= 0.3 is 0 Å². The monoisotopic (exact) mass is 715 g/mol. The Kier molecular flexibility index (Phi) is 8.60. The van der Waals surface area contributed by atoms with E-state index in [-0.39, 0.29) is 5.41 Å². The number of para-hydroxylation sites is 1. The Balaban J connectivity index is 0.000000120. The molecule has 264 valence electrons. The van der Waals surface area contributed by atoms with E-state index < -0.39 is 0 Å². The number of allylic oxidation sites excluding steroid dienone is 8. The van der Waals surface area contributed by atoms with Crippen LogP contribution < -0.4 is 0 Å². The van der Waals surface area contributed by atoms with Crippen molar-refractivity contribution in [3.05, 3.63) is 197 Å². The molecule has 2 heteroatoms. The predicted molar refractivity (Wildman–Crippen MR) is 235 cm³/mol. The third-order valence-electron chi connectivity index (χ3n) is 11.5. The van der Waals surface area contributed by atoms with Gasteiger partial charge in [0.1, 0.15) is 0 Å². The Hall–Kier alpha value is -5.70. The summed E-state index contributed by atoms with van der Waals surface area (Å²) in [6.07, 6.45) is 14.4. The molecule has 1 atom stereocenters. The van der Waals surface area contributed by atoms with Gasteiger partial charge in [-0.1, -0.05) is 152 Å². The van der Waals surface area contributed by atoms with Crippen LogP contribution in [0.15, 0.2) is 175 Å². The highest BCUT2D eigenvalue weighted by molar-refractivity contribution is 7.25. The minimum absolute atomic E-state index is 0.152. The van der Waals surface area contributed by atoms with Crippen LogP contribution in [-0.4, -0.2) is 4.57 Å². The van der Waals surface area contributed by atoms with Crippen molar-refractivity contribution in [3.8, 4) is 16.8 Å². The molecule has 0 bridgehead atoms. The van der Waals surface area contributed by atoms with E-state index in [1.54, 1.807) is 0 Å². The SMILES string of the molecule is CC1=CC=C2C=CC=CC2C1.Cc1ccc2c(c1)-c1ccccc1C2(C)C.Cc1ccc2c3ccccc3n(-c3ccc4sc5ccccc5c4c3)c2c1. The summed E-state index contributed by atoms with van der Waals surface area (Å²) in [6.45, 7) is 11.1. The fraction of sp³-hybridized carbons (Fsp3) is 0.154. The zero-order valence-corrected chi connectivity index (χ0v) is 32.5. The minimum atomic E-state index is 0.152. The number of aromatic nitrogens is 1. The number of nitrogens with zero attached hydrogens (tertiary/aromatic N) is 1. The van der Waals surface area contributed by atoms with Crippen LogP contribution in [0, 0.1) is 19.8 Å². The summed E-state index contributed by atoms with van der Waals surface area (Å²) in [5.74, 6) is 0.657. The quantitative estimate of drug-likeness (QED) is 0.159. The topological polar surface area (TPSA) is 4.93 Å². The second-order valence-corrected chi connectivity index (χ2v) is 16.7. The van der Waals surface area contributed by atoms with Crippen LogP contribution in [0.25, 0.3) is 58.8 Å². The molecule has 3 aliphatic rings. The first-order valence-corrected chi connectivity index (χ1v) is 19.9. The van der Waals surface area contributed by atoms with E-state index in [0.717, 1.165) is 0 Å². The predicted octanol–water partition coefficient (Wildman–Crippen LogP) is 14.8. The number of hydrogen-bond acceptors (Lipinski definition) is 1. The van der Waals surface area contributed by atoms with E-state index in [2.05, 4.69) is 203 Å². The zero-order valence-electron chi connectivity index (χ0n) is 31.7. The summed E-state index contributed by atoms with van der Waals surface area (Å²) in [5, 5.41) is 5.30. The Morgan fingerprint density at radius 3 is 2.17 bits per heavy atom. The molecule has 54 heavy (non-hydrogen) atoms. The molecular formula is C52H45NS. The van der Waals surface area contributed by atoms with E-state index in [4.69, 9.17) is 0 Å². The summed E-state index contributed by atoms with van der Waals surface area (Å²) in [6, 6.07) is 46.6. The van der Waals surface area contributed by atoms with Crippen molar-refractivity contribution < 1.29 is 0 Å². The number of fused-ring (bicyclic) bond motifs is 10. The van der Waals surface area contributed by atoms with Crippen molar-refractivity contribution in [2.45, 2.75) is 46.5 Å². The van der Waals surface area contributed by atoms with E-state index in [1.807, 2.05) is 11.3 Å². The highest BCUT2D eigenvalue weighted by Crippen LogP contribution is 2.48. The normalized spacial score (nSPS) is 16.2. The van der Waals surface area contributed by atoms with Crippen molar-refractivity contribution in [1.82, 2.24) is 4.57 Å². The number of benzene rings is 6. The third-order valence-corrected chi connectivity index (χ3v) is 12.6. The molecule has 0 saturated carbocycles. The van der Waals surface area contributed by atoms with Gasteiger partial charge in [-0.05, 0) is 97.0 Å². The van der Waals surface area contributed by atoms with Crippen LogP contribution in [0.2, 0.25) is 0 Å². The van der Waals surface area contributed by atoms with Crippen molar-refractivity contribution in [2.75, 3.05) is 0 Å². The lowest BCUT2D eigenvalue weighted by atomic mass is 9.82. The first-order chi connectivity index (χ1) is 26.3. The highest BCUT2D eigenvalue weighted by Gasteiger charge is 2.34. The van der Waals surface area contributed by atoms with Gasteiger partial charge in [0.15, 0.2) is 0 Å². The molecule has 1 nitrogen and oxygen atoms in total. The van der Waals surface area contributed by atoms with Gasteiger partial charge in [0.2, 0.25) is 0 Å². The molecular weight excluding hydrogens is 671 g/mol. The first-order valence-electron chi connectivity index (χ1n) is 19.1. The van der Waals surface area contributed by atoms with Gasteiger partial charge in [0.25, 0.3) is 0 Å². The van der Waals surface area contributed by atoms with E-state index in [0.29, 0.717) is 5.92 Å². The van der Waals surface area contributed by atoms with E-state index >= 15 is 0 Å². The average Bonchev–Trinajstić information content (AvgIpc) is 3.80. The highest BCUT2D eigenvalue weighted by atomic mass is 32.1. The van der Waals surface area contributed by atoms with Gasteiger partial charge in [-0.3, -0.25) is 0 Å². The van der Waals surface area contributed by atoms with Crippen molar-refractivity contribution in [2.24, 2.45) is 5.92 Å². The summed E-state index contributed by atoms with van der Waals surface area (Å²) in [5.41, 5.74) is 15.2. The Bertz CT molecular complexity index is 2860. The van der Waals surface area contributed by atoms with Crippen molar-refractivity contribution in [1.29, 1.82) is 0 Å². The minimum Gasteiger partial charge on any atom is -0.309 e. The Morgan fingerprint density at radius 2 is 1.28 bits per heavy atom. The summed E-state index contributed by atoms with van der Waals surface area (Å²) < 4.78 is 5.10. The molecule has 1 unspecified atom stereocenters. The third kappa shape index (κ3) is 5.96. The summed E-state index contributed by atoms with van der Waals surface area (Å²) >= 11 is 1.87. The molecule has 8 aromatic rings. The van der Waals surface area contributed by atoms with E-state index in [9.17, 15) is 0 Å². The van der Waals surface area contributed by atoms with Gasteiger partial charge in [0, 0.05) is 48.0 Å². The molecule has 6 aromatic carbocycles. The van der Waals surface area contributed by atoms with Crippen molar-refractivity contribution in [3.63, 3.8) is 0 Å². The zero-order chi connectivity index (χ0) is 37.0. The number of rotatable bonds is 1. The first kappa shape index (κ1) is 34.1.